The zero-order chi connectivity index (χ0) is 14.3. The molecule has 2 unspecified atom stereocenters. The third-order valence-electron chi connectivity index (χ3n) is 5.19. The monoisotopic (exact) mass is 326 g/mol. The lowest BCUT2D eigenvalue weighted by Gasteiger charge is -2.32. The second-order valence-electron chi connectivity index (χ2n) is 6.52. The van der Waals surface area contributed by atoms with E-state index in [0.717, 1.165) is 26.2 Å². The summed E-state index contributed by atoms with van der Waals surface area (Å²) in [5.41, 5.74) is 0. The second-order valence-corrected chi connectivity index (χ2v) is 6.52. The lowest BCUT2D eigenvalue weighted by atomic mass is 9.80. The minimum absolute atomic E-state index is 0. The van der Waals surface area contributed by atoms with Crippen LogP contribution in [0.1, 0.15) is 25.7 Å². The van der Waals surface area contributed by atoms with E-state index in [0.29, 0.717) is 24.7 Å². The molecule has 4 atom stereocenters. The highest BCUT2D eigenvalue weighted by atomic mass is 35.5. The second kappa shape index (κ2) is 6.32. The van der Waals surface area contributed by atoms with Gasteiger partial charge in [0.25, 0.3) is 0 Å². The van der Waals surface area contributed by atoms with E-state index in [2.05, 4.69) is 5.32 Å². The van der Waals surface area contributed by atoms with Crippen LogP contribution in [0.4, 0.5) is 13.2 Å². The average Bonchev–Trinajstić information content (AvgIpc) is 2.97. The van der Waals surface area contributed by atoms with Gasteiger partial charge in [-0.05, 0) is 31.1 Å². The Hall–Kier alpha value is -0.490. The maximum atomic E-state index is 12.8. The standard InChI is InChI=1S/C14H21F3N2O.ClH/c15-14(16,17)12-3-1-2-9(4-12)13(20)19-7-10-5-18-6-11(10)8-19;/h9-12,18H,1-8H2;1H/t9?,10-,11+,12?;. The van der Waals surface area contributed by atoms with Crippen LogP contribution in [0, 0.1) is 23.7 Å². The summed E-state index contributed by atoms with van der Waals surface area (Å²) in [4.78, 5) is 14.3. The van der Waals surface area contributed by atoms with E-state index in [-0.39, 0.29) is 31.2 Å². The summed E-state index contributed by atoms with van der Waals surface area (Å²) in [6.45, 7) is 3.32. The van der Waals surface area contributed by atoms with Crippen LogP contribution in [-0.2, 0) is 4.79 Å². The molecule has 0 aromatic rings. The van der Waals surface area contributed by atoms with Gasteiger partial charge >= 0.3 is 6.18 Å². The molecule has 3 nitrogen and oxygen atoms in total. The van der Waals surface area contributed by atoms with Crippen molar-refractivity contribution in [3.05, 3.63) is 0 Å². The molecular formula is C14H22ClF3N2O. The molecule has 2 heterocycles. The van der Waals surface area contributed by atoms with Crippen molar-refractivity contribution < 1.29 is 18.0 Å². The van der Waals surface area contributed by atoms with Gasteiger partial charge in [-0.25, -0.2) is 0 Å². The Balaban J connectivity index is 0.00000161. The Kier molecular flexibility index (Phi) is 5.08. The highest BCUT2D eigenvalue weighted by Crippen LogP contribution is 2.41. The number of nitrogens with zero attached hydrogens (tertiary/aromatic N) is 1. The van der Waals surface area contributed by atoms with Crippen LogP contribution in [0.15, 0.2) is 0 Å². The Morgan fingerprint density at radius 3 is 2.29 bits per heavy atom. The molecule has 0 spiro atoms. The maximum Gasteiger partial charge on any atom is 0.391 e. The van der Waals surface area contributed by atoms with Crippen LogP contribution in [0.5, 0.6) is 0 Å². The fraction of sp³-hybridized carbons (Fsp3) is 0.929. The molecule has 3 aliphatic rings. The highest BCUT2D eigenvalue weighted by molar-refractivity contribution is 5.85. The Morgan fingerprint density at radius 2 is 1.71 bits per heavy atom. The molecule has 0 radical (unpaired) electrons. The van der Waals surface area contributed by atoms with Gasteiger partial charge in [-0.2, -0.15) is 13.2 Å². The van der Waals surface area contributed by atoms with E-state index in [1.54, 1.807) is 0 Å². The van der Waals surface area contributed by atoms with E-state index in [4.69, 9.17) is 0 Å². The van der Waals surface area contributed by atoms with E-state index >= 15 is 0 Å². The predicted molar refractivity (Wildman–Crippen MR) is 75.2 cm³/mol. The molecule has 3 rings (SSSR count). The number of hydrogen-bond donors (Lipinski definition) is 1. The number of likely N-dealkylation sites (tertiary alicyclic amines) is 1. The topological polar surface area (TPSA) is 32.3 Å². The van der Waals surface area contributed by atoms with Crippen molar-refractivity contribution in [1.82, 2.24) is 10.2 Å². The van der Waals surface area contributed by atoms with Crippen molar-refractivity contribution in [1.29, 1.82) is 0 Å². The van der Waals surface area contributed by atoms with Crippen LogP contribution in [0.2, 0.25) is 0 Å². The Morgan fingerprint density at radius 1 is 1.10 bits per heavy atom. The van der Waals surface area contributed by atoms with Crippen LogP contribution in [-0.4, -0.2) is 43.2 Å². The number of fused-ring (bicyclic) bond motifs is 1. The van der Waals surface area contributed by atoms with E-state index in [9.17, 15) is 18.0 Å². The molecule has 1 aliphatic carbocycles. The first-order valence-corrected chi connectivity index (χ1v) is 7.51. The Labute approximate surface area is 129 Å². The largest absolute Gasteiger partial charge is 0.391 e. The predicted octanol–water partition coefficient (Wildman–Crippen LogP) is 2.45. The summed E-state index contributed by atoms with van der Waals surface area (Å²) in [5, 5.41) is 3.30. The van der Waals surface area contributed by atoms with Crippen molar-refractivity contribution in [2.45, 2.75) is 31.9 Å². The van der Waals surface area contributed by atoms with Crippen molar-refractivity contribution in [3.63, 3.8) is 0 Å². The first-order chi connectivity index (χ1) is 9.45. The molecule has 122 valence electrons. The number of rotatable bonds is 1. The first kappa shape index (κ1) is 16.9. The van der Waals surface area contributed by atoms with Crippen LogP contribution in [0.3, 0.4) is 0 Å². The van der Waals surface area contributed by atoms with E-state index in [1.165, 1.54) is 0 Å². The van der Waals surface area contributed by atoms with Gasteiger partial charge in [-0.1, -0.05) is 6.42 Å². The summed E-state index contributed by atoms with van der Waals surface area (Å²) in [6.07, 6.45) is -2.84. The van der Waals surface area contributed by atoms with Crippen molar-refractivity contribution >= 4 is 18.3 Å². The van der Waals surface area contributed by atoms with Gasteiger partial charge in [0, 0.05) is 32.1 Å². The van der Waals surface area contributed by atoms with Gasteiger partial charge < -0.3 is 10.2 Å². The molecule has 2 saturated heterocycles. The molecule has 0 aromatic carbocycles. The first-order valence-electron chi connectivity index (χ1n) is 7.51. The maximum absolute atomic E-state index is 12.8. The van der Waals surface area contributed by atoms with Crippen LogP contribution in [0.25, 0.3) is 0 Å². The lowest BCUT2D eigenvalue weighted by molar-refractivity contribution is -0.187. The average molecular weight is 327 g/mol. The summed E-state index contributed by atoms with van der Waals surface area (Å²) in [7, 11) is 0. The van der Waals surface area contributed by atoms with E-state index < -0.39 is 18.0 Å². The van der Waals surface area contributed by atoms with Gasteiger partial charge in [0.2, 0.25) is 5.91 Å². The quantitative estimate of drug-likeness (QED) is 0.803. The number of hydrogen-bond acceptors (Lipinski definition) is 2. The molecule has 0 bridgehead atoms. The molecule has 2 aliphatic heterocycles. The van der Waals surface area contributed by atoms with Gasteiger partial charge in [0.1, 0.15) is 0 Å². The zero-order valence-corrected chi connectivity index (χ0v) is 12.7. The van der Waals surface area contributed by atoms with Gasteiger partial charge in [0.15, 0.2) is 0 Å². The number of nitrogens with one attached hydrogen (secondary N) is 1. The van der Waals surface area contributed by atoms with Gasteiger partial charge in [0.05, 0.1) is 5.92 Å². The van der Waals surface area contributed by atoms with Crippen molar-refractivity contribution in [2.24, 2.45) is 23.7 Å². The number of carbonyl (C=O) groups excluding carboxylic acids is 1. The molecule has 3 fully saturated rings. The summed E-state index contributed by atoms with van der Waals surface area (Å²) >= 11 is 0. The highest BCUT2D eigenvalue weighted by Gasteiger charge is 2.46. The molecule has 21 heavy (non-hydrogen) atoms. The zero-order valence-electron chi connectivity index (χ0n) is 11.9. The third kappa shape index (κ3) is 3.47. The van der Waals surface area contributed by atoms with Crippen molar-refractivity contribution in [2.75, 3.05) is 26.2 Å². The van der Waals surface area contributed by atoms with Gasteiger partial charge in [-0.15, -0.1) is 12.4 Å². The number of alkyl halides is 3. The molecular weight excluding hydrogens is 305 g/mol. The number of amides is 1. The molecule has 0 aromatic heterocycles. The SMILES string of the molecule is Cl.O=C(C1CCCC(C(F)(F)F)C1)N1C[C@H]2CNC[C@H]2C1. The minimum Gasteiger partial charge on any atom is -0.342 e. The summed E-state index contributed by atoms with van der Waals surface area (Å²) in [6, 6.07) is 0. The van der Waals surface area contributed by atoms with Crippen LogP contribution < -0.4 is 5.32 Å². The minimum atomic E-state index is -4.15. The number of carbonyl (C=O) groups is 1. The van der Waals surface area contributed by atoms with Crippen LogP contribution >= 0.6 is 12.4 Å². The fourth-order valence-electron chi connectivity index (χ4n) is 4.00. The summed E-state index contributed by atoms with van der Waals surface area (Å²) in [5.74, 6) is -0.730. The number of halogens is 4. The van der Waals surface area contributed by atoms with Gasteiger partial charge in [-0.3, -0.25) is 4.79 Å². The lowest BCUT2D eigenvalue weighted by Crippen LogP contribution is -2.40. The fourth-order valence-corrected chi connectivity index (χ4v) is 4.00. The molecule has 1 saturated carbocycles. The molecule has 1 N–H and O–H groups in total. The molecule has 7 heteroatoms. The smallest absolute Gasteiger partial charge is 0.342 e. The summed E-state index contributed by atoms with van der Waals surface area (Å²) < 4.78 is 38.4. The van der Waals surface area contributed by atoms with Crippen molar-refractivity contribution in [3.8, 4) is 0 Å². The third-order valence-corrected chi connectivity index (χ3v) is 5.19. The van der Waals surface area contributed by atoms with E-state index in [1.807, 2.05) is 4.90 Å². The Bertz CT molecular complexity index is 379. The normalized spacial score (nSPS) is 36.2. The molecule has 1 amide bonds.